The molecule has 0 spiro atoms. The van der Waals surface area contributed by atoms with Gasteiger partial charge in [-0.3, -0.25) is 9.59 Å². The molecule has 3 rings (SSSR count). The summed E-state index contributed by atoms with van der Waals surface area (Å²) in [6.07, 6.45) is 0. The highest BCUT2D eigenvalue weighted by Gasteiger charge is 2.34. The molecule has 2 aromatic carbocycles. The highest BCUT2D eigenvalue weighted by Crippen LogP contribution is 2.37. The highest BCUT2D eigenvalue weighted by molar-refractivity contribution is 6.30. The molecule has 1 aliphatic rings. The van der Waals surface area contributed by atoms with Crippen molar-refractivity contribution in [1.29, 1.82) is 0 Å². The monoisotopic (exact) mass is 268 g/mol. The first kappa shape index (κ1) is 12.4. The second-order valence-electron chi connectivity index (χ2n) is 4.75. The molecule has 2 aromatic rings. The molecule has 0 unspecified atom stereocenters. The summed E-state index contributed by atoms with van der Waals surface area (Å²) in [6, 6.07) is 7.86. The van der Waals surface area contributed by atoms with Crippen LogP contribution in [0.3, 0.4) is 0 Å². The van der Waals surface area contributed by atoms with E-state index in [0.717, 1.165) is 5.56 Å². The number of fused-ring (bicyclic) bond motifs is 2. The standard InChI is InChI=1S/C16H12O4/c1-8-6-10-14(12(7-8)20-2)15(18)9-4-3-5-11(17)13(9)16(10)19/h3-7,17H,1-2H3. The first-order valence-electron chi connectivity index (χ1n) is 6.14. The molecule has 0 aromatic heterocycles. The van der Waals surface area contributed by atoms with E-state index >= 15 is 0 Å². The van der Waals surface area contributed by atoms with Gasteiger partial charge in [0.1, 0.15) is 11.5 Å². The molecular formula is C16H12O4. The number of ketones is 2. The number of phenols is 1. The largest absolute Gasteiger partial charge is 0.507 e. The van der Waals surface area contributed by atoms with Gasteiger partial charge in [0.15, 0.2) is 11.6 Å². The summed E-state index contributed by atoms with van der Waals surface area (Å²) in [5.74, 6) is -0.448. The van der Waals surface area contributed by atoms with Crippen molar-refractivity contribution < 1.29 is 19.4 Å². The topological polar surface area (TPSA) is 63.6 Å². The maximum absolute atomic E-state index is 12.6. The molecule has 0 radical (unpaired) electrons. The second-order valence-corrected chi connectivity index (χ2v) is 4.75. The van der Waals surface area contributed by atoms with Gasteiger partial charge in [0, 0.05) is 11.1 Å². The van der Waals surface area contributed by atoms with Crippen LogP contribution in [0.4, 0.5) is 0 Å². The summed E-state index contributed by atoms with van der Waals surface area (Å²) in [7, 11) is 1.46. The quantitative estimate of drug-likeness (QED) is 0.736. The molecule has 0 saturated heterocycles. The number of methoxy groups -OCH3 is 1. The number of aryl methyl sites for hydroxylation is 1. The van der Waals surface area contributed by atoms with Crippen LogP contribution in [-0.4, -0.2) is 23.8 Å². The minimum Gasteiger partial charge on any atom is -0.507 e. The van der Waals surface area contributed by atoms with E-state index in [4.69, 9.17) is 4.74 Å². The van der Waals surface area contributed by atoms with Crippen LogP contribution in [0.25, 0.3) is 0 Å². The number of hydrogen-bond acceptors (Lipinski definition) is 4. The Bertz CT molecular complexity index is 759. The lowest BCUT2D eigenvalue weighted by Gasteiger charge is -2.20. The number of carbonyl (C=O) groups is 2. The molecule has 100 valence electrons. The minimum absolute atomic E-state index is 0.0673. The van der Waals surface area contributed by atoms with Crippen molar-refractivity contribution in [3.63, 3.8) is 0 Å². The molecule has 0 heterocycles. The van der Waals surface area contributed by atoms with Gasteiger partial charge in [0.2, 0.25) is 0 Å². The first-order valence-corrected chi connectivity index (χ1v) is 6.14. The van der Waals surface area contributed by atoms with Gasteiger partial charge >= 0.3 is 0 Å². The van der Waals surface area contributed by atoms with Gasteiger partial charge in [-0.1, -0.05) is 12.1 Å². The van der Waals surface area contributed by atoms with Crippen LogP contribution < -0.4 is 4.74 Å². The van der Waals surface area contributed by atoms with E-state index in [1.165, 1.54) is 19.2 Å². The van der Waals surface area contributed by atoms with Crippen LogP contribution in [0.2, 0.25) is 0 Å². The van der Waals surface area contributed by atoms with E-state index in [1.54, 1.807) is 18.2 Å². The summed E-state index contributed by atoms with van der Waals surface area (Å²) in [4.78, 5) is 25.1. The van der Waals surface area contributed by atoms with E-state index in [9.17, 15) is 14.7 Å². The third-order valence-electron chi connectivity index (χ3n) is 3.45. The van der Waals surface area contributed by atoms with Gasteiger partial charge in [-0.05, 0) is 30.7 Å². The van der Waals surface area contributed by atoms with Gasteiger partial charge in [-0.2, -0.15) is 0 Å². The Kier molecular flexibility index (Phi) is 2.61. The Morgan fingerprint density at radius 2 is 1.70 bits per heavy atom. The Labute approximate surface area is 115 Å². The van der Waals surface area contributed by atoms with Crippen LogP contribution in [0, 0.1) is 6.92 Å². The highest BCUT2D eigenvalue weighted by atomic mass is 16.5. The van der Waals surface area contributed by atoms with E-state index in [2.05, 4.69) is 0 Å². The number of hydrogen-bond donors (Lipinski definition) is 1. The Morgan fingerprint density at radius 3 is 2.40 bits per heavy atom. The maximum Gasteiger partial charge on any atom is 0.198 e. The molecule has 0 bridgehead atoms. The summed E-state index contributed by atoms with van der Waals surface area (Å²) in [6.45, 7) is 1.82. The third-order valence-corrected chi connectivity index (χ3v) is 3.45. The van der Waals surface area contributed by atoms with Gasteiger partial charge in [0.05, 0.1) is 18.2 Å². The molecule has 4 nitrogen and oxygen atoms in total. The van der Waals surface area contributed by atoms with Crippen molar-refractivity contribution in [3.8, 4) is 11.5 Å². The zero-order chi connectivity index (χ0) is 14.4. The van der Waals surface area contributed by atoms with Gasteiger partial charge in [-0.25, -0.2) is 0 Å². The number of rotatable bonds is 1. The van der Waals surface area contributed by atoms with E-state index in [-0.39, 0.29) is 39.6 Å². The van der Waals surface area contributed by atoms with Crippen LogP contribution in [0.15, 0.2) is 30.3 Å². The van der Waals surface area contributed by atoms with E-state index < -0.39 is 0 Å². The van der Waals surface area contributed by atoms with Crippen LogP contribution in [-0.2, 0) is 0 Å². The average molecular weight is 268 g/mol. The molecule has 4 heteroatoms. The Morgan fingerprint density at radius 1 is 1.00 bits per heavy atom. The number of benzene rings is 2. The van der Waals surface area contributed by atoms with Crippen molar-refractivity contribution in [2.45, 2.75) is 6.92 Å². The molecule has 20 heavy (non-hydrogen) atoms. The lowest BCUT2D eigenvalue weighted by Crippen LogP contribution is -2.22. The molecular weight excluding hydrogens is 256 g/mol. The predicted molar refractivity (Wildman–Crippen MR) is 72.7 cm³/mol. The lowest BCUT2D eigenvalue weighted by atomic mass is 9.82. The molecule has 0 aliphatic heterocycles. The van der Waals surface area contributed by atoms with Crippen molar-refractivity contribution in [2.24, 2.45) is 0 Å². The van der Waals surface area contributed by atoms with Crippen LogP contribution >= 0.6 is 0 Å². The zero-order valence-electron chi connectivity index (χ0n) is 11.1. The Balaban J connectivity index is 2.38. The zero-order valence-corrected chi connectivity index (χ0v) is 11.1. The minimum atomic E-state index is -0.352. The summed E-state index contributed by atoms with van der Waals surface area (Å²) >= 11 is 0. The molecule has 0 fully saturated rings. The number of carbonyl (C=O) groups excluding carboxylic acids is 2. The van der Waals surface area contributed by atoms with Gasteiger partial charge in [-0.15, -0.1) is 0 Å². The summed E-state index contributed by atoms with van der Waals surface area (Å²) in [5, 5.41) is 9.86. The van der Waals surface area contributed by atoms with Gasteiger partial charge in [0.25, 0.3) is 0 Å². The average Bonchev–Trinajstić information content (AvgIpc) is 2.43. The van der Waals surface area contributed by atoms with Crippen molar-refractivity contribution in [2.75, 3.05) is 7.11 Å². The fraction of sp³-hybridized carbons (Fsp3) is 0.125. The van der Waals surface area contributed by atoms with E-state index in [0.29, 0.717) is 5.75 Å². The number of phenolic OH excluding ortho intramolecular Hbond substituents is 1. The maximum atomic E-state index is 12.6. The molecule has 0 amide bonds. The number of aromatic hydroxyl groups is 1. The smallest absolute Gasteiger partial charge is 0.198 e. The Hall–Kier alpha value is -2.62. The van der Waals surface area contributed by atoms with Crippen molar-refractivity contribution >= 4 is 11.6 Å². The van der Waals surface area contributed by atoms with Crippen LogP contribution in [0.1, 0.15) is 37.4 Å². The van der Waals surface area contributed by atoms with Crippen molar-refractivity contribution in [1.82, 2.24) is 0 Å². The molecule has 0 saturated carbocycles. The molecule has 0 atom stereocenters. The fourth-order valence-electron chi connectivity index (χ4n) is 2.56. The lowest BCUT2D eigenvalue weighted by molar-refractivity contribution is 0.0974. The SMILES string of the molecule is COc1cc(C)cc2c1C(=O)c1cccc(O)c1C2=O. The predicted octanol–water partition coefficient (Wildman–Crippen LogP) is 2.48. The second kappa shape index (κ2) is 4.20. The number of ether oxygens (including phenoxy) is 1. The van der Waals surface area contributed by atoms with Gasteiger partial charge < -0.3 is 9.84 Å². The van der Waals surface area contributed by atoms with Crippen LogP contribution in [0.5, 0.6) is 11.5 Å². The summed E-state index contributed by atoms with van der Waals surface area (Å²) in [5.41, 5.74) is 1.64. The van der Waals surface area contributed by atoms with Crippen molar-refractivity contribution in [3.05, 3.63) is 58.1 Å². The summed E-state index contributed by atoms with van der Waals surface area (Å²) < 4.78 is 5.22. The normalized spacial score (nSPS) is 12.9. The molecule has 1 N–H and O–H groups in total. The molecule has 1 aliphatic carbocycles. The fourth-order valence-corrected chi connectivity index (χ4v) is 2.56. The third kappa shape index (κ3) is 1.54. The first-order chi connectivity index (χ1) is 9.54. The van der Waals surface area contributed by atoms with E-state index in [1.807, 2.05) is 6.92 Å².